The number of halogens is 1. The predicted octanol–water partition coefficient (Wildman–Crippen LogP) is 5.99. The second-order valence-electron chi connectivity index (χ2n) is 7.71. The summed E-state index contributed by atoms with van der Waals surface area (Å²) in [7, 11) is 0. The molecule has 0 atom stereocenters. The Morgan fingerprint density at radius 2 is 1.75 bits per heavy atom. The molecule has 3 amide bonds. The molecule has 7 nitrogen and oxygen atoms in total. The van der Waals surface area contributed by atoms with E-state index in [2.05, 4.69) is 5.32 Å². The number of benzene rings is 3. The molecule has 1 aliphatic heterocycles. The fraction of sp³-hybridized carbons (Fsp3) is 0.148. The minimum Gasteiger partial charge on any atom is -0.490 e. The Labute approximate surface area is 218 Å². The van der Waals surface area contributed by atoms with E-state index in [1.165, 1.54) is 4.90 Å². The van der Waals surface area contributed by atoms with Crippen LogP contribution in [0, 0.1) is 0 Å². The van der Waals surface area contributed by atoms with Gasteiger partial charge in [0.05, 0.1) is 28.8 Å². The maximum absolute atomic E-state index is 12.9. The van der Waals surface area contributed by atoms with Gasteiger partial charge >= 0.3 is 0 Å². The fourth-order valence-electron chi connectivity index (χ4n) is 3.45. The van der Waals surface area contributed by atoms with Gasteiger partial charge in [-0.25, -0.2) is 0 Å². The molecule has 0 unspecified atom stereocenters. The molecule has 0 saturated carbocycles. The average Bonchev–Trinajstić information content (AvgIpc) is 3.13. The maximum Gasteiger partial charge on any atom is 0.293 e. The number of rotatable bonds is 9. The summed E-state index contributed by atoms with van der Waals surface area (Å²) in [6, 6.07) is 21.4. The number of ether oxygens (including phenoxy) is 2. The molecule has 36 heavy (non-hydrogen) atoms. The molecule has 0 aliphatic carbocycles. The molecule has 0 spiro atoms. The second kappa shape index (κ2) is 11.8. The lowest BCUT2D eigenvalue weighted by atomic mass is 10.1. The normalized spacial score (nSPS) is 14.3. The summed E-state index contributed by atoms with van der Waals surface area (Å²) in [6.07, 6.45) is 1.65. The Balaban J connectivity index is 1.45. The molecule has 1 aliphatic rings. The zero-order chi connectivity index (χ0) is 25.5. The first kappa shape index (κ1) is 25.3. The molecule has 4 rings (SSSR count). The summed E-state index contributed by atoms with van der Waals surface area (Å²) in [5, 5.41) is 2.81. The summed E-state index contributed by atoms with van der Waals surface area (Å²) in [6.45, 7) is 2.17. The molecule has 3 aromatic rings. The van der Waals surface area contributed by atoms with Gasteiger partial charge < -0.3 is 14.8 Å². The van der Waals surface area contributed by atoms with E-state index in [4.69, 9.17) is 21.1 Å². The van der Waals surface area contributed by atoms with Crippen LogP contribution in [0.25, 0.3) is 6.08 Å². The number of nitrogens with one attached hydrogen (secondary N) is 1. The first-order chi connectivity index (χ1) is 17.4. The standard InChI is InChI=1S/C27H23ClN2O5S/c1-2-34-23-14-19(12-13-22(23)35-17-25(31)29-21-11-7-6-10-20(21)28)15-24-26(32)30(27(33)36-24)16-18-8-4-3-5-9-18/h3-15H,2,16-17H2,1H3,(H,29,31)/b24-15-. The third-order valence-electron chi connectivity index (χ3n) is 5.13. The van der Waals surface area contributed by atoms with Gasteiger partial charge in [0.2, 0.25) is 0 Å². The van der Waals surface area contributed by atoms with Crippen molar-refractivity contribution in [2.24, 2.45) is 0 Å². The van der Waals surface area contributed by atoms with Crippen molar-refractivity contribution in [1.82, 2.24) is 4.90 Å². The van der Waals surface area contributed by atoms with Crippen molar-refractivity contribution in [3.8, 4) is 11.5 Å². The first-order valence-electron chi connectivity index (χ1n) is 11.2. The van der Waals surface area contributed by atoms with E-state index in [1.807, 2.05) is 37.3 Å². The number of para-hydroxylation sites is 1. The number of hydrogen-bond acceptors (Lipinski definition) is 6. The lowest BCUT2D eigenvalue weighted by molar-refractivity contribution is -0.123. The Kier molecular flexibility index (Phi) is 8.30. The number of imide groups is 1. The van der Waals surface area contributed by atoms with Gasteiger partial charge in [-0.2, -0.15) is 0 Å². The Hall–Kier alpha value is -3.75. The van der Waals surface area contributed by atoms with Gasteiger partial charge in [-0.15, -0.1) is 0 Å². The largest absolute Gasteiger partial charge is 0.490 e. The number of amides is 3. The highest BCUT2D eigenvalue weighted by molar-refractivity contribution is 8.18. The van der Waals surface area contributed by atoms with Crippen LogP contribution in [0.5, 0.6) is 11.5 Å². The van der Waals surface area contributed by atoms with Crippen molar-refractivity contribution >= 4 is 52.2 Å². The van der Waals surface area contributed by atoms with Crippen LogP contribution < -0.4 is 14.8 Å². The van der Waals surface area contributed by atoms with E-state index >= 15 is 0 Å². The second-order valence-corrected chi connectivity index (χ2v) is 9.11. The average molecular weight is 523 g/mol. The molecule has 0 aromatic heterocycles. The highest BCUT2D eigenvalue weighted by atomic mass is 35.5. The van der Waals surface area contributed by atoms with E-state index in [-0.39, 0.29) is 30.2 Å². The predicted molar refractivity (Wildman–Crippen MR) is 141 cm³/mol. The van der Waals surface area contributed by atoms with Crippen LogP contribution in [0.1, 0.15) is 18.1 Å². The summed E-state index contributed by atoms with van der Waals surface area (Å²) in [5.41, 5.74) is 2.03. The quantitative estimate of drug-likeness (QED) is 0.347. The highest BCUT2D eigenvalue weighted by Gasteiger charge is 2.35. The number of hydrogen-bond donors (Lipinski definition) is 1. The van der Waals surface area contributed by atoms with Crippen LogP contribution in [0.2, 0.25) is 5.02 Å². The number of carbonyl (C=O) groups is 3. The topological polar surface area (TPSA) is 84.9 Å². The van der Waals surface area contributed by atoms with E-state index in [1.54, 1.807) is 48.5 Å². The first-order valence-corrected chi connectivity index (χ1v) is 12.4. The molecule has 0 bridgehead atoms. The van der Waals surface area contributed by atoms with E-state index in [9.17, 15) is 14.4 Å². The molecular weight excluding hydrogens is 500 g/mol. The molecule has 1 heterocycles. The van der Waals surface area contributed by atoms with E-state index in [0.717, 1.165) is 17.3 Å². The van der Waals surface area contributed by atoms with Crippen LogP contribution in [-0.2, 0) is 16.1 Å². The van der Waals surface area contributed by atoms with Gasteiger partial charge in [0, 0.05) is 0 Å². The summed E-state index contributed by atoms with van der Waals surface area (Å²) in [4.78, 5) is 39.2. The fourth-order valence-corrected chi connectivity index (χ4v) is 4.47. The third-order valence-corrected chi connectivity index (χ3v) is 6.37. The lowest BCUT2D eigenvalue weighted by Gasteiger charge is -2.13. The van der Waals surface area contributed by atoms with E-state index < -0.39 is 0 Å². The molecule has 184 valence electrons. The zero-order valence-electron chi connectivity index (χ0n) is 19.4. The van der Waals surface area contributed by atoms with Crippen LogP contribution in [-0.4, -0.2) is 35.2 Å². The van der Waals surface area contributed by atoms with Gasteiger partial charge in [0.15, 0.2) is 18.1 Å². The number of carbonyl (C=O) groups excluding carboxylic acids is 3. The Bertz CT molecular complexity index is 1310. The Morgan fingerprint density at radius 1 is 1.00 bits per heavy atom. The monoisotopic (exact) mass is 522 g/mol. The van der Waals surface area contributed by atoms with Crippen molar-refractivity contribution in [2.75, 3.05) is 18.5 Å². The van der Waals surface area contributed by atoms with Crippen LogP contribution in [0.15, 0.2) is 77.7 Å². The highest BCUT2D eigenvalue weighted by Crippen LogP contribution is 2.35. The number of nitrogens with zero attached hydrogens (tertiary/aromatic N) is 1. The van der Waals surface area contributed by atoms with E-state index in [0.29, 0.717) is 39.3 Å². The lowest BCUT2D eigenvalue weighted by Crippen LogP contribution is -2.27. The van der Waals surface area contributed by atoms with Crippen molar-refractivity contribution in [3.05, 3.63) is 93.9 Å². The van der Waals surface area contributed by atoms with Gasteiger partial charge in [-0.05, 0) is 60.2 Å². The molecule has 3 aromatic carbocycles. The zero-order valence-corrected chi connectivity index (χ0v) is 21.0. The minimum atomic E-state index is -0.373. The summed E-state index contributed by atoms with van der Waals surface area (Å²) < 4.78 is 11.4. The summed E-state index contributed by atoms with van der Waals surface area (Å²) >= 11 is 6.98. The maximum atomic E-state index is 12.9. The number of anilines is 1. The van der Waals surface area contributed by atoms with Gasteiger partial charge in [0.1, 0.15) is 0 Å². The third kappa shape index (κ3) is 6.27. The molecule has 0 radical (unpaired) electrons. The van der Waals surface area contributed by atoms with Crippen LogP contribution in [0.4, 0.5) is 10.5 Å². The SMILES string of the molecule is CCOc1cc(/C=C2\SC(=O)N(Cc3ccccc3)C2=O)ccc1OCC(=O)Nc1ccccc1Cl. The smallest absolute Gasteiger partial charge is 0.293 e. The van der Waals surface area contributed by atoms with Crippen molar-refractivity contribution < 1.29 is 23.9 Å². The number of thioether (sulfide) groups is 1. The molecule has 1 fully saturated rings. The molecule has 1 N–H and O–H groups in total. The minimum absolute atomic E-state index is 0.218. The van der Waals surface area contributed by atoms with Gasteiger partial charge in [-0.1, -0.05) is 60.1 Å². The Morgan fingerprint density at radius 3 is 2.50 bits per heavy atom. The van der Waals surface area contributed by atoms with Crippen molar-refractivity contribution in [1.29, 1.82) is 0 Å². The summed E-state index contributed by atoms with van der Waals surface area (Å²) in [5.74, 6) is 0.0749. The van der Waals surface area contributed by atoms with Crippen molar-refractivity contribution in [2.45, 2.75) is 13.5 Å². The molecule has 1 saturated heterocycles. The molecule has 9 heteroatoms. The van der Waals surface area contributed by atoms with Gasteiger partial charge in [0.25, 0.3) is 17.1 Å². The van der Waals surface area contributed by atoms with Crippen molar-refractivity contribution in [3.63, 3.8) is 0 Å². The van der Waals surface area contributed by atoms with Crippen LogP contribution in [0.3, 0.4) is 0 Å². The van der Waals surface area contributed by atoms with Crippen LogP contribution >= 0.6 is 23.4 Å². The molecular formula is C27H23ClN2O5S. The van der Waals surface area contributed by atoms with Gasteiger partial charge in [-0.3, -0.25) is 19.3 Å².